The minimum atomic E-state index is -0.501. The highest BCUT2D eigenvalue weighted by Gasteiger charge is 2.54. The third-order valence-corrected chi connectivity index (χ3v) is 8.85. The topological polar surface area (TPSA) is 24.1 Å². The van der Waals surface area contributed by atoms with Gasteiger partial charge in [-0.2, -0.15) is 4.57 Å². The lowest BCUT2D eigenvalue weighted by Gasteiger charge is -2.58. The Bertz CT molecular complexity index is 1350. The zero-order valence-electron chi connectivity index (χ0n) is 20.9. The Balaban J connectivity index is 1.38. The third kappa shape index (κ3) is 4.17. The van der Waals surface area contributed by atoms with E-state index in [1.807, 2.05) is 0 Å². The summed E-state index contributed by atoms with van der Waals surface area (Å²) in [6, 6.07) is 32.3. The van der Waals surface area contributed by atoms with Crippen LogP contribution < -0.4 is 4.57 Å². The molecular weight excluding hydrogens is 440 g/mol. The molecule has 0 spiro atoms. The standard InChI is InChI=1S/C33H36N2O/c1-2-27-24-35(23-26-13-7-4-8-14-26)20-18-28(27)21-32(35)33(36)30-17-19-34(22-25-11-5-3-6-12-25)31-16-10-9-15-29(30)31/h2-17,19,27-28,32-33,36H,1,18,20-24H2/q+2/t27?,28?,32?,33-,35?/m0/s1. The van der Waals surface area contributed by atoms with Crippen LogP contribution in [0.15, 0.2) is 110 Å². The molecule has 3 aliphatic heterocycles. The smallest absolute Gasteiger partial charge is 0.213 e. The van der Waals surface area contributed by atoms with E-state index in [2.05, 4.69) is 114 Å². The average Bonchev–Trinajstić information content (AvgIpc) is 2.94. The lowest BCUT2D eigenvalue weighted by Crippen LogP contribution is -2.67. The van der Waals surface area contributed by atoms with Crippen LogP contribution in [0.1, 0.15) is 35.6 Å². The highest BCUT2D eigenvalue weighted by Crippen LogP contribution is 2.48. The largest absolute Gasteiger partial charge is 0.382 e. The number of rotatable bonds is 7. The number of aromatic nitrogens is 1. The summed E-state index contributed by atoms with van der Waals surface area (Å²) in [5, 5.41) is 13.3. The van der Waals surface area contributed by atoms with Gasteiger partial charge < -0.3 is 9.59 Å². The van der Waals surface area contributed by atoms with Gasteiger partial charge in [0.25, 0.3) is 0 Å². The fraction of sp³-hybridized carbons (Fsp3) is 0.303. The van der Waals surface area contributed by atoms with Crippen molar-refractivity contribution in [2.24, 2.45) is 11.8 Å². The zero-order valence-corrected chi connectivity index (χ0v) is 20.9. The van der Waals surface area contributed by atoms with Gasteiger partial charge in [-0.15, -0.1) is 6.58 Å². The molecule has 4 unspecified atom stereocenters. The van der Waals surface area contributed by atoms with Crippen molar-refractivity contribution in [1.29, 1.82) is 0 Å². The quantitative estimate of drug-likeness (QED) is 0.203. The number of nitrogens with zero attached hydrogens (tertiary/aromatic N) is 2. The van der Waals surface area contributed by atoms with Gasteiger partial charge in [0.2, 0.25) is 5.52 Å². The van der Waals surface area contributed by atoms with Crippen LogP contribution in [0.2, 0.25) is 0 Å². The molecule has 3 saturated heterocycles. The number of quaternary nitrogens is 1. The van der Waals surface area contributed by atoms with Gasteiger partial charge in [0.05, 0.1) is 18.5 Å². The molecule has 7 rings (SSSR count). The van der Waals surface area contributed by atoms with Gasteiger partial charge in [0.15, 0.2) is 12.7 Å². The molecule has 3 aromatic carbocycles. The van der Waals surface area contributed by atoms with Crippen molar-refractivity contribution in [1.82, 2.24) is 0 Å². The van der Waals surface area contributed by atoms with Crippen molar-refractivity contribution in [2.75, 3.05) is 13.1 Å². The third-order valence-electron chi connectivity index (χ3n) is 8.85. The van der Waals surface area contributed by atoms with Gasteiger partial charge in [-0.05, 0) is 12.0 Å². The van der Waals surface area contributed by atoms with Crippen LogP contribution in [-0.2, 0) is 13.1 Å². The van der Waals surface area contributed by atoms with Crippen molar-refractivity contribution in [3.05, 3.63) is 127 Å². The number of hydrogen-bond donors (Lipinski definition) is 1. The summed E-state index contributed by atoms with van der Waals surface area (Å²) >= 11 is 0. The van der Waals surface area contributed by atoms with E-state index in [4.69, 9.17) is 0 Å². The number of para-hydroxylation sites is 1. The average molecular weight is 477 g/mol. The van der Waals surface area contributed by atoms with Crippen LogP contribution in [0.3, 0.4) is 0 Å². The summed E-state index contributed by atoms with van der Waals surface area (Å²) in [6.07, 6.45) is 6.11. The Morgan fingerprint density at radius 1 is 0.917 bits per heavy atom. The minimum absolute atomic E-state index is 0.188. The molecule has 0 saturated carbocycles. The Morgan fingerprint density at radius 2 is 1.61 bits per heavy atom. The minimum Gasteiger partial charge on any atom is -0.382 e. The summed E-state index contributed by atoms with van der Waals surface area (Å²) in [5.74, 6) is 1.15. The van der Waals surface area contributed by atoms with Gasteiger partial charge in [0, 0.05) is 47.6 Å². The maximum atomic E-state index is 12.1. The van der Waals surface area contributed by atoms with Crippen LogP contribution in [0.5, 0.6) is 0 Å². The number of pyridine rings is 1. The normalized spacial score (nSPS) is 26.1. The second kappa shape index (κ2) is 9.65. The Kier molecular flexibility index (Phi) is 6.20. The lowest BCUT2D eigenvalue weighted by atomic mass is 9.71. The summed E-state index contributed by atoms with van der Waals surface area (Å²) in [4.78, 5) is 0. The number of aliphatic hydroxyl groups excluding tert-OH is 1. The van der Waals surface area contributed by atoms with Crippen molar-refractivity contribution >= 4 is 10.9 Å². The first-order valence-corrected chi connectivity index (χ1v) is 13.3. The molecule has 3 aliphatic rings. The van der Waals surface area contributed by atoms with E-state index >= 15 is 0 Å². The molecule has 182 valence electrons. The first-order valence-electron chi connectivity index (χ1n) is 13.3. The summed E-state index contributed by atoms with van der Waals surface area (Å²) in [5.41, 5.74) is 4.87. The van der Waals surface area contributed by atoms with Gasteiger partial charge in [-0.25, -0.2) is 0 Å². The fourth-order valence-corrected chi connectivity index (χ4v) is 7.02. The van der Waals surface area contributed by atoms with Gasteiger partial charge >= 0.3 is 0 Å². The van der Waals surface area contributed by atoms with E-state index < -0.39 is 6.10 Å². The molecule has 1 aromatic heterocycles. The lowest BCUT2D eigenvalue weighted by molar-refractivity contribution is -0.984. The molecule has 3 heteroatoms. The molecule has 3 fully saturated rings. The molecule has 4 heterocycles. The Labute approximate surface area is 214 Å². The molecule has 2 bridgehead atoms. The van der Waals surface area contributed by atoms with Gasteiger partial charge in [-0.1, -0.05) is 78.9 Å². The highest BCUT2D eigenvalue weighted by molar-refractivity contribution is 5.79. The maximum absolute atomic E-state index is 12.1. The van der Waals surface area contributed by atoms with Crippen molar-refractivity contribution < 1.29 is 14.2 Å². The first-order chi connectivity index (χ1) is 17.7. The van der Waals surface area contributed by atoms with Crippen LogP contribution in [0.25, 0.3) is 10.9 Å². The predicted octanol–water partition coefficient (Wildman–Crippen LogP) is 5.82. The molecule has 36 heavy (non-hydrogen) atoms. The molecule has 4 aromatic rings. The number of aliphatic hydroxyl groups is 1. The molecule has 3 nitrogen and oxygen atoms in total. The zero-order chi connectivity index (χ0) is 24.5. The van der Waals surface area contributed by atoms with Gasteiger partial charge in [-0.3, -0.25) is 0 Å². The molecular formula is C33H36N2O+2. The van der Waals surface area contributed by atoms with E-state index in [0.29, 0.717) is 11.8 Å². The van der Waals surface area contributed by atoms with Crippen LogP contribution in [-0.4, -0.2) is 28.7 Å². The van der Waals surface area contributed by atoms with E-state index in [0.717, 1.165) is 48.0 Å². The predicted molar refractivity (Wildman–Crippen MR) is 145 cm³/mol. The first kappa shape index (κ1) is 23.1. The summed E-state index contributed by atoms with van der Waals surface area (Å²) in [6.45, 7) is 8.17. The molecule has 1 N–H and O–H groups in total. The van der Waals surface area contributed by atoms with Crippen molar-refractivity contribution in [3.8, 4) is 0 Å². The fourth-order valence-electron chi connectivity index (χ4n) is 7.02. The molecule has 5 atom stereocenters. The second-order valence-corrected chi connectivity index (χ2v) is 10.9. The van der Waals surface area contributed by atoms with E-state index in [-0.39, 0.29) is 6.04 Å². The Morgan fingerprint density at radius 3 is 2.36 bits per heavy atom. The van der Waals surface area contributed by atoms with E-state index in [1.165, 1.54) is 23.1 Å². The number of benzene rings is 3. The number of piperidine rings is 3. The van der Waals surface area contributed by atoms with E-state index in [9.17, 15) is 5.11 Å². The van der Waals surface area contributed by atoms with Crippen LogP contribution in [0, 0.1) is 11.8 Å². The SMILES string of the molecule is C=CC1C[N+]2(Cc3ccccc3)CCC1CC2[C@@H](O)c1cc[n+](Cc2ccccc2)c2ccccc12. The van der Waals surface area contributed by atoms with Crippen molar-refractivity contribution in [2.45, 2.75) is 38.1 Å². The summed E-state index contributed by atoms with van der Waals surface area (Å²) < 4.78 is 3.25. The van der Waals surface area contributed by atoms with E-state index in [1.54, 1.807) is 0 Å². The monoisotopic (exact) mass is 476 g/mol. The Hall–Kier alpha value is -3.27. The van der Waals surface area contributed by atoms with Crippen molar-refractivity contribution in [3.63, 3.8) is 0 Å². The molecule has 0 radical (unpaired) electrons. The maximum Gasteiger partial charge on any atom is 0.213 e. The molecule has 0 amide bonds. The number of fused-ring (bicyclic) bond motifs is 4. The van der Waals surface area contributed by atoms with Gasteiger partial charge in [0.1, 0.15) is 18.7 Å². The second-order valence-electron chi connectivity index (χ2n) is 10.9. The summed E-state index contributed by atoms with van der Waals surface area (Å²) in [7, 11) is 0. The number of hydrogen-bond acceptors (Lipinski definition) is 1. The molecule has 0 aliphatic carbocycles. The van der Waals surface area contributed by atoms with Crippen LogP contribution in [0.4, 0.5) is 0 Å². The highest BCUT2D eigenvalue weighted by atomic mass is 16.3. The van der Waals surface area contributed by atoms with Crippen LogP contribution >= 0.6 is 0 Å².